The Labute approximate surface area is 150 Å². The number of amides is 1. The topological polar surface area (TPSA) is 174 Å². The number of hydrogen-bond donors (Lipinski definition) is 6. The molecule has 1 saturated heterocycles. The Hall–Kier alpha value is -1.75. The van der Waals surface area contributed by atoms with Crippen LogP contribution in [-0.2, 0) is 19.1 Å². The number of carboxylic acids is 2. The van der Waals surface area contributed by atoms with Gasteiger partial charge in [-0.25, -0.2) is 4.79 Å². The highest BCUT2D eigenvalue weighted by Gasteiger charge is 2.74. The first-order valence-electron chi connectivity index (χ1n) is 7.98. The van der Waals surface area contributed by atoms with Crippen molar-refractivity contribution in [1.29, 1.82) is 0 Å². The summed E-state index contributed by atoms with van der Waals surface area (Å²) in [7, 11) is 0. The highest BCUT2D eigenvalue weighted by atomic mass is 16.7. The van der Waals surface area contributed by atoms with Crippen LogP contribution in [0.15, 0.2) is 0 Å². The number of hydrogen-bond acceptors (Lipinski definition) is 7. The van der Waals surface area contributed by atoms with Gasteiger partial charge in [0.25, 0.3) is 5.91 Å². The predicted octanol–water partition coefficient (Wildman–Crippen LogP) is -0.944. The molecule has 1 aliphatic rings. The molecule has 0 radical (unpaired) electrons. The van der Waals surface area contributed by atoms with E-state index in [1.165, 1.54) is 27.7 Å². The minimum atomic E-state index is -2.37. The fourth-order valence-corrected chi connectivity index (χ4v) is 3.15. The van der Waals surface area contributed by atoms with E-state index < -0.39 is 58.3 Å². The smallest absolute Gasteiger partial charge is 0.326 e. The summed E-state index contributed by atoms with van der Waals surface area (Å²) in [6, 6.07) is -1.74. The molecule has 1 heterocycles. The van der Waals surface area contributed by atoms with Crippen LogP contribution < -0.4 is 5.32 Å². The lowest BCUT2D eigenvalue weighted by molar-refractivity contribution is -0.424. The molecule has 0 aliphatic carbocycles. The molecule has 1 aliphatic heterocycles. The third-order valence-corrected chi connectivity index (χ3v) is 6.08. The van der Waals surface area contributed by atoms with Gasteiger partial charge in [0.15, 0.2) is 11.4 Å². The summed E-state index contributed by atoms with van der Waals surface area (Å²) in [5.41, 5.74) is -7.77. The Bertz CT molecular complexity index is 623. The number of carbonyl (C=O) groups excluding carboxylic acids is 1. The third-order valence-electron chi connectivity index (χ3n) is 6.08. The average molecular weight is 377 g/mol. The van der Waals surface area contributed by atoms with Crippen LogP contribution in [0, 0.1) is 5.41 Å². The van der Waals surface area contributed by atoms with Gasteiger partial charge in [0.2, 0.25) is 0 Å². The molecule has 1 amide bonds. The van der Waals surface area contributed by atoms with Gasteiger partial charge in [-0.3, -0.25) is 9.59 Å². The van der Waals surface area contributed by atoms with E-state index >= 15 is 0 Å². The molecule has 1 rings (SSSR count). The molecule has 0 bridgehead atoms. The minimum Gasteiger partial charge on any atom is -0.481 e. The van der Waals surface area contributed by atoms with Gasteiger partial charge in [-0.1, -0.05) is 13.8 Å². The van der Waals surface area contributed by atoms with Gasteiger partial charge < -0.3 is 35.6 Å². The first-order chi connectivity index (χ1) is 11.3. The van der Waals surface area contributed by atoms with Gasteiger partial charge in [0, 0.05) is 5.41 Å². The predicted molar refractivity (Wildman–Crippen MR) is 87.0 cm³/mol. The maximum Gasteiger partial charge on any atom is 0.326 e. The van der Waals surface area contributed by atoms with Crippen molar-refractivity contribution < 1.29 is 44.7 Å². The zero-order valence-corrected chi connectivity index (χ0v) is 15.7. The molecule has 3 unspecified atom stereocenters. The van der Waals surface area contributed by atoms with Crippen LogP contribution in [0.25, 0.3) is 0 Å². The van der Waals surface area contributed by atoms with Crippen molar-refractivity contribution in [2.24, 2.45) is 5.41 Å². The second kappa shape index (κ2) is 6.15. The monoisotopic (exact) mass is 377 g/mol. The van der Waals surface area contributed by atoms with Crippen molar-refractivity contribution in [2.45, 2.75) is 76.6 Å². The van der Waals surface area contributed by atoms with Gasteiger partial charge in [-0.15, -0.1) is 0 Å². The molecule has 6 N–H and O–H groups in total. The summed E-state index contributed by atoms with van der Waals surface area (Å²) >= 11 is 0. The lowest BCUT2D eigenvalue weighted by atomic mass is 9.55. The summed E-state index contributed by atoms with van der Waals surface area (Å²) in [6.07, 6.45) is -0.873. The van der Waals surface area contributed by atoms with Crippen LogP contribution in [0.1, 0.15) is 48.0 Å². The first-order valence-corrected chi connectivity index (χ1v) is 7.98. The summed E-state index contributed by atoms with van der Waals surface area (Å²) in [4.78, 5) is 34.9. The lowest BCUT2D eigenvalue weighted by Gasteiger charge is -2.64. The van der Waals surface area contributed by atoms with Crippen LogP contribution in [0.3, 0.4) is 0 Å². The van der Waals surface area contributed by atoms with Gasteiger partial charge in [0.1, 0.15) is 17.2 Å². The maximum atomic E-state index is 12.8. The number of aliphatic carboxylic acids is 2. The summed E-state index contributed by atoms with van der Waals surface area (Å²) < 4.78 is 5.47. The normalized spacial score (nSPS) is 40.5. The second-order valence-corrected chi connectivity index (χ2v) is 7.85. The summed E-state index contributed by atoms with van der Waals surface area (Å²) in [5.74, 6) is -6.42. The molecule has 26 heavy (non-hydrogen) atoms. The molecule has 5 atom stereocenters. The Morgan fingerprint density at radius 1 is 0.923 bits per heavy atom. The van der Waals surface area contributed by atoms with E-state index in [2.05, 4.69) is 5.32 Å². The molecular formula is C16H27NO9. The van der Waals surface area contributed by atoms with Gasteiger partial charge in [-0.05, 0) is 27.7 Å². The second-order valence-electron chi connectivity index (χ2n) is 7.85. The molecule has 0 saturated carbocycles. The largest absolute Gasteiger partial charge is 0.481 e. The van der Waals surface area contributed by atoms with E-state index in [1.54, 1.807) is 0 Å². The highest BCUT2D eigenvalue weighted by molar-refractivity contribution is 5.91. The molecule has 0 aromatic rings. The fourth-order valence-electron chi connectivity index (χ4n) is 3.15. The first kappa shape index (κ1) is 22.3. The van der Waals surface area contributed by atoms with Gasteiger partial charge >= 0.3 is 11.9 Å². The number of nitrogens with one attached hydrogen (secondary N) is 1. The van der Waals surface area contributed by atoms with Crippen LogP contribution in [0.4, 0.5) is 0 Å². The fraction of sp³-hybridized carbons (Fsp3) is 0.812. The maximum absolute atomic E-state index is 12.8. The average Bonchev–Trinajstić information content (AvgIpc) is 2.43. The van der Waals surface area contributed by atoms with Crippen LogP contribution in [0.2, 0.25) is 0 Å². The van der Waals surface area contributed by atoms with Gasteiger partial charge in [0.05, 0.1) is 6.42 Å². The molecule has 0 spiro atoms. The summed E-state index contributed by atoms with van der Waals surface area (Å²) in [6.45, 7) is 7.47. The quantitative estimate of drug-likeness (QED) is 0.353. The standard InChI is InChI=1S/C16H27NO9/c1-12(2)13(3,11(22)17-8(10(20)21)7-9(18)19)26-16(6,25)15(5,24)14(12,4)23/h8,23-25H,7H2,1-6H3,(H,17,22)(H,18,19)(H,20,21)/t8?,13?,14-,15?,16-/m1/s1. The zero-order chi connectivity index (χ0) is 20.9. The Morgan fingerprint density at radius 2 is 1.38 bits per heavy atom. The Morgan fingerprint density at radius 3 is 1.77 bits per heavy atom. The van der Waals surface area contributed by atoms with Crippen molar-refractivity contribution >= 4 is 17.8 Å². The van der Waals surface area contributed by atoms with E-state index in [9.17, 15) is 29.7 Å². The SMILES string of the molecule is CC1(C(=O)NC(CC(=O)O)C(=O)O)O[C@@](C)(O)C(C)(O)[C@](C)(O)C1(C)C. The van der Waals surface area contributed by atoms with Crippen molar-refractivity contribution in [1.82, 2.24) is 5.32 Å². The minimum absolute atomic E-state index is 0.873. The Balaban J connectivity index is 3.38. The van der Waals surface area contributed by atoms with Gasteiger partial charge in [-0.2, -0.15) is 0 Å². The number of rotatable bonds is 5. The van der Waals surface area contributed by atoms with Crippen molar-refractivity contribution in [2.75, 3.05) is 0 Å². The molecule has 150 valence electrons. The van der Waals surface area contributed by atoms with Crippen molar-refractivity contribution in [3.8, 4) is 0 Å². The number of carboxylic acid groups (broad SMARTS) is 2. The van der Waals surface area contributed by atoms with E-state index in [4.69, 9.17) is 14.9 Å². The molecule has 10 heteroatoms. The van der Waals surface area contributed by atoms with Crippen LogP contribution >= 0.6 is 0 Å². The molecular weight excluding hydrogens is 350 g/mol. The van der Waals surface area contributed by atoms with Crippen molar-refractivity contribution in [3.05, 3.63) is 0 Å². The highest BCUT2D eigenvalue weighted by Crippen LogP contribution is 2.57. The molecule has 0 aromatic heterocycles. The van der Waals surface area contributed by atoms with E-state index in [1.807, 2.05) is 0 Å². The van der Waals surface area contributed by atoms with Crippen molar-refractivity contribution in [3.63, 3.8) is 0 Å². The van der Waals surface area contributed by atoms with E-state index in [0.29, 0.717) is 0 Å². The lowest BCUT2D eigenvalue weighted by Crippen LogP contribution is -2.82. The van der Waals surface area contributed by atoms with E-state index in [-0.39, 0.29) is 0 Å². The number of ether oxygens (including phenoxy) is 1. The zero-order valence-electron chi connectivity index (χ0n) is 15.7. The molecule has 0 aromatic carbocycles. The van der Waals surface area contributed by atoms with Crippen LogP contribution in [-0.4, -0.2) is 72.0 Å². The third kappa shape index (κ3) is 2.96. The molecule has 1 fully saturated rings. The summed E-state index contributed by atoms with van der Waals surface area (Å²) in [5, 5.41) is 52.1. The number of aliphatic hydroxyl groups is 3. The molecule has 10 nitrogen and oxygen atoms in total. The van der Waals surface area contributed by atoms with E-state index in [0.717, 1.165) is 13.8 Å². The van der Waals surface area contributed by atoms with Crippen LogP contribution in [0.5, 0.6) is 0 Å². The Kier molecular flexibility index (Phi) is 5.28. The number of carbonyl (C=O) groups is 3.